The van der Waals surface area contributed by atoms with E-state index in [1.807, 2.05) is 6.08 Å². The highest BCUT2D eigenvalue weighted by molar-refractivity contribution is 5.76. The Labute approximate surface area is 296 Å². The second kappa shape index (κ2) is 37.9. The van der Waals surface area contributed by atoms with Crippen molar-refractivity contribution in [2.24, 2.45) is 0 Å². The number of amides is 1. The van der Waals surface area contributed by atoms with Gasteiger partial charge in [-0.3, -0.25) is 9.59 Å². The van der Waals surface area contributed by atoms with E-state index in [-0.39, 0.29) is 18.5 Å². The van der Waals surface area contributed by atoms with E-state index >= 15 is 0 Å². The van der Waals surface area contributed by atoms with Crippen molar-refractivity contribution in [3.05, 3.63) is 36.5 Å². The molecule has 0 aromatic heterocycles. The van der Waals surface area contributed by atoms with Crippen LogP contribution in [0.2, 0.25) is 0 Å². The van der Waals surface area contributed by atoms with E-state index in [4.69, 9.17) is 4.74 Å². The van der Waals surface area contributed by atoms with Crippen LogP contribution >= 0.6 is 0 Å². The quantitative estimate of drug-likeness (QED) is 0.0349. The summed E-state index contributed by atoms with van der Waals surface area (Å²) >= 11 is 0. The summed E-state index contributed by atoms with van der Waals surface area (Å²) in [4.78, 5) is 24.3. The molecule has 0 saturated heterocycles. The molecule has 6 heteroatoms. The molecule has 0 aromatic rings. The first kappa shape index (κ1) is 46.1. The van der Waals surface area contributed by atoms with Crippen LogP contribution in [-0.4, -0.2) is 47.4 Å². The number of ether oxygens (including phenoxy) is 1. The molecule has 0 fully saturated rings. The number of hydrogen-bond donors (Lipinski definition) is 3. The maximum absolute atomic E-state index is 12.3. The number of aliphatic hydroxyl groups excluding tert-OH is 2. The van der Waals surface area contributed by atoms with Gasteiger partial charge in [-0.25, -0.2) is 0 Å². The fourth-order valence-corrected chi connectivity index (χ4v) is 5.73. The lowest BCUT2D eigenvalue weighted by atomic mass is 10.1. The average molecular weight is 676 g/mol. The molecule has 0 saturated carbocycles. The van der Waals surface area contributed by atoms with Gasteiger partial charge in [-0.2, -0.15) is 0 Å². The van der Waals surface area contributed by atoms with E-state index in [2.05, 4.69) is 43.5 Å². The lowest BCUT2D eigenvalue weighted by molar-refractivity contribution is -0.143. The van der Waals surface area contributed by atoms with E-state index in [1.54, 1.807) is 6.08 Å². The van der Waals surface area contributed by atoms with Crippen molar-refractivity contribution in [1.29, 1.82) is 0 Å². The van der Waals surface area contributed by atoms with Gasteiger partial charge >= 0.3 is 5.97 Å². The van der Waals surface area contributed by atoms with Crippen molar-refractivity contribution < 1.29 is 24.5 Å². The average Bonchev–Trinajstić information content (AvgIpc) is 3.08. The molecule has 2 atom stereocenters. The van der Waals surface area contributed by atoms with Crippen molar-refractivity contribution in [3.63, 3.8) is 0 Å². The zero-order valence-corrected chi connectivity index (χ0v) is 31.5. The molecule has 0 heterocycles. The Balaban J connectivity index is 3.55. The van der Waals surface area contributed by atoms with Gasteiger partial charge in [0.2, 0.25) is 5.91 Å². The molecule has 0 aliphatic heterocycles. The highest BCUT2D eigenvalue weighted by atomic mass is 16.5. The first-order valence-electron chi connectivity index (χ1n) is 20.3. The summed E-state index contributed by atoms with van der Waals surface area (Å²) in [7, 11) is 0. The van der Waals surface area contributed by atoms with Crippen molar-refractivity contribution >= 4 is 11.9 Å². The van der Waals surface area contributed by atoms with Crippen molar-refractivity contribution in [3.8, 4) is 0 Å². The third-order valence-electron chi connectivity index (χ3n) is 8.89. The number of hydrogen-bond acceptors (Lipinski definition) is 5. The minimum Gasteiger partial charge on any atom is -0.466 e. The van der Waals surface area contributed by atoms with Gasteiger partial charge in [-0.15, -0.1) is 0 Å². The summed E-state index contributed by atoms with van der Waals surface area (Å²) in [6.45, 7) is 4.71. The third-order valence-corrected chi connectivity index (χ3v) is 8.89. The van der Waals surface area contributed by atoms with Crippen LogP contribution in [0.15, 0.2) is 36.5 Å². The fraction of sp³-hybridized carbons (Fsp3) is 0.810. The Morgan fingerprint density at radius 3 is 1.67 bits per heavy atom. The van der Waals surface area contributed by atoms with Crippen LogP contribution in [0.3, 0.4) is 0 Å². The number of esters is 1. The molecule has 6 nitrogen and oxygen atoms in total. The number of allylic oxidation sites excluding steroid dienone is 5. The Bertz CT molecular complexity index is 793. The first-order valence-corrected chi connectivity index (χ1v) is 20.3. The highest BCUT2D eigenvalue weighted by Crippen LogP contribution is 2.13. The predicted molar refractivity (Wildman–Crippen MR) is 204 cm³/mol. The lowest BCUT2D eigenvalue weighted by Crippen LogP contribution is -2.45. The third kappa shape index (κ3) is 34.0. The minimum atomic E-state index is -0.860. The number of nitrogens with one attached hydrogen (secondary N) is 1. The Morgan fingerprint density at radius 1 is 0.583 bits per heavy atom. The normalized spacial score (nSPS) is 13.2. The molecule has 48 heavy (non-hydrogen) atoms. The molecular weight excluding hydrogens is 598 g/mol. The molecule has 0 aromatic carbocycles. The van der Waals surface area contributed by atoms with Crippen LogP contribution < -0.4 is 5.32 Å². The largest absolute Gasteiger partial charge is 0.466 e. The van der Waals surface area contributed by atoms with Crippen LogP contribution in [0.25, 0.3) is 0 Å². The van der Waals surface area contributed by atoms with E-state index in [0.29, 0.717) is 19.4 Å². The molecule has 0 spiro atoms. The van der Waals surface area contributed by atoms with E-state index in [1.165, 1.54) is 96.3 Å². The number of aliphatic hydroxyl groups is 2. The van der Waals surface area contributed by atoms with Crippen LogP contribution in [0.1, 0.15) is 194 Å². The molecule has 280 valence electrons. The Kier molecular flexibility index (Phi) is 36.4. The highest BCUT2D eigenvalue weighted by Gasteiger charge is 2.17. The number of rotatable bonds is 36. The molecule has 0 aliphatic rings. The molecule has 1 amide bonds. The topological polar surface area (TPSA) is 95.9 Å². The van der Waals surface area contributed by atoms with Gasteiger partial charge in [0.25, 0.3) is 0 Å². The minimum absolute atomic E-state index is 0.0447. The van der Waals surface area contributed by atoms with Crippen LogP contribution in [0.4, 0.5) is 0 Å². The SMILES string of the molecule is CCC/C=C\C/C=C\CCCCCCCC(=O)OCCCCCCCCCCCC(=O)NC(CO)C(O)/C=C/CCCCCCCCC. The maximum Gasteiger partial charge on any atom is 0.305 e. The van der Waals surface area contributed by atoms with Crippen LogP contribution in [0, 0.1) is 0 Å². The predicted octanol–water partition coefficient (Wildman–Crippen LogP) is 11.0. The van der Waals surface area contributed by atoms with Crippen LogP contribution in [0.5, 0.6) is 0 Å². The lowest BCUT2D eigenvalue weighted by Gasteiger charge is -2.20. The van der Waals surface area contributed by atoms with Crippen molar-refractivity contribution in [1.82, 2.24) is 5.32 Å². The van der Waals surface area contributed by atoms with Gasteiger partial charge in [-0.05, 0) is 57.8 Å². The van der Waals surface area contributed by atoms with Gasteiger partial charge in [0.05, 0.1) is 25.4 Å². The summed E-state index contributed by atoms with van der Waals surface area (Å²) in [5.74, 6) is -0.147. The molecule has 0 rings (SSSR count). The van der Waals surface area contributed by atoms with Crippen molar-refractivity contribution in [2.75, 3.05) is 13.2 Å². The standard InChI is InChI=1S/C42H77NO5/c1-3-5-7-9-11-13-14-15-16-20-24-28-32-36-42(47)48-37-33-29-25-21-17-19-23-27-31-35-41(46)43-39(38-44)40(45)34-30-26-22-18-12-10-8-6-4-2/h7,9,13-14,30,34,39-40,44-45H,3-6,8,10-12,15-29,31-33,35-38H2,1-2H3,(H,43,46)/b9-7-,14-13-,34-30+. The van der Waals surface area contributed by atoms with E-state index < -0.39 is 12.1 Å². The molecule has 0 aliphatic carbocycles. The molecular formula is C42H77NO5. The zero-order valence-electron chi connectivity index (χ0n) is 31.5. The number of carbonyl (C=O) groups excluding carboxylic acids is 2. The monoisotopic (exact) mass is 676 g/mol. The second-order valence-corrected chi connectivity index (χ2v) is 13.6. The zero-order chi connectivity index (χ0) is 35.2. The molecule has 2 unspecified atom stereocenters. The van der Waals surface area contributed by atoms with Crippen LogP contribution in [-0.2, 0) is 14.3 Å². The first-order chi connectivity index (χ1) is 23.5. The Hall–Kier alpha value is -1.92. The van der Waals surface area contributed by atoms with Gasteiger partial charge < -0.3 is 20.3 Å². The van der Waals surface area contributed by atoms with E-state index in [9.17, 15) is 19.8 Å². The van der Waals surface area contributed by atoms with Gasteiger partial charge in [0.15, 0.2) is 0 Å². The summed E-state index contributed by atoms with van der Waals surface area (Å²) in [5.41, 5.74) is 0. The van der Waals surface area contributed by atoms with E-state index in [0.717, 1.165) is 70.6 Å². The summed E-state index contributed by atoms with van der Waals surface area (Å²) in [5, 5.41) is 22.8. The summed E-state index contributed by atoms with van der Waals surface area (Å²) < 4.78 is 5.41. The summed E-state index contributed by atoms with van der Waals surface area (Å²) in [6, 6.07) is -0.646. The van der Waals surface area contributed by atoms with Crippen molar-refractivity contribution in [2.45, 2.75) is 206 Å². The fourth-order valence-electron chi connectivity index (χ4n) is 5.73. The van der Waals surface area contributed by atoms with Gasteiger partial charge in [-0.1, -0.05) is 159 Å². The second-order valence-electron chi connectivity index (χ2n) is 13.6. The maximum atomic E-state index is 12.3. The molecule has 3 N–H and O–H groups in total. The smallest absolute Gasteiger partial charge is 0.305 e. The number of unbranched alkanes of at least 4 members (excludes halogenated alkanes) is 21. The van der Waals surface area contributed by atoms with Gasteiger partial charge in [0, 0.05) is 12.8 Å². The summed E-state index contributed by atoms with van der Waals surface area (Å²) in [6.07, 6.45) is 42.6. The van der Waals surface area contributed by atoms with Gasteiger partial charge in [0.1, 0.15) is 0 Å². The molecule has 0 bridgehead atoms. The number of carbonyl (C=O) groups is 2. The molecule has 0 radical (unpaired) electrons. The Morgan fingerprint density at radius 2 is 1.08 bits per heavy atom.